The lowest BCUT2D eigenvalue weighted by molar-refractivity contribution is 0.685. The summed E-state index contributed by atoms with van der Waals surface area (Å²) < 4.78 is 4.18. The minimum Gasteiger partial charge on any atom is -0.356 e. The molecule has 7 heteroatoms. The molecule has 3 N–H and O–H groups in total. The first-order valence-corrected chi connectivity index (χ1v) is 6.24. The van der Waals surface area contributed by atoms with Crippen molar-refractivity contribution >= 4 is 17.5 Å². The van der Waals surface area contributed by atoms with Gasteiger partial charge in [-0.3, -0.25) is 10.3 Å². The summed E-state index contributed by atoms with van der Waals surface area (Å²) in [5.41, 5.74) is 1.04. The lowest BCUT2D eigenvalue weighted by atomic mass is 10.4. The van der Waals surface area contributed by atoms with Crippen molar-refractivity contribution in [2.24, 2.45) is 4.99 Å². The van der Waals surface area contributed by atoms with Gasteiger partial charge in [-0.15, -0.1) is 0 Å². The fourth-order valence-electron chi connectivity index (χ4n) is 1.15. The maximum atomic E-state index is 8.49. The van der Waals surface area contributed by atoms with Gasteiger partial charge in [0, 0.05) is 25.0 Å². The SMILES string of the molecule is CCNC(=NCCNCc1ccsn1)NC#N. The van der Waals surface area contributed by atoms with Gasteiger partial charge in [-0.25, -0.2) is 0 Å². The minimum atomic E-state index is 0.519. The third-order valence-electron chi connectivity index (χ3n) is 1.87. The van der Waals surface area contributed by atoms with Crippen molar-refractivity contribution in [2.75, 3.05) is 19.6 Å². The Kier molecular flexibility index (Phi) is 6.70. The molecular weight excluding hydrogens is 236 g/mol. The van der Waals surface area contributed by atoms with Crippen molar-refractivity contribution in [3.05, 3.63) is 17.1 Å². The Bertz CT molecular complexity index is 367. The number of nitrogens with one attached hydrogen (secondary N) is 3. The second-order valence-electron chi connectivity index (χ2n) is 3.17. The Morgan fingerprint density at radius 2 is 2.53 bits per heavy atom. The molecular formula is C10H16N6S. The van der Waals surface area contributed by atoms with Crippen molar-refractivity contribution < 1.29 is 0 Å². The van der Waals surface area contributed by atoms with Gasteiger partial charge in [0.2, 0.25) is 5.96 Å². The highest BCUT2D eigenvalue weighted by Gasteiger charge is 1.95. The van der Waals surface area contributed by atoms with E-state index in [-0.39, 0.29) is 0 Å². The van der Waals surface area contributed by atoms with E-state index in [4.69, 9.17) is 5.26 Å². The van der Waals surface area contributed by atoms with Gasteiger partial charge in [-0.05, 0) is 24.5 Å². The van der Waals surface area contributed by atoms with Gasteiger partial charge in [0.15, 0.2) is 6.19 Å². The third kappa shape index (κ3) is 5.85. The summed E-state index contributed by atoms with van der Waals surface area (Å²) in [6.45, 7) is 4.80. The van der Waals surface area contributed by atoms with E-state index in [9.17, 15) is 0 Å². The highest BCUT2D eigenvalue weighted by atomic mass is 32.1. The normalized spacial score (nSPS) is 10.9. The average Bonchev–Trinajstić information content (AvgIpc) is 2.82. The molecule has 0 aromatic carbocycles. The van der Waals surface area contributed by atoms with Gasteiger partial charge in [-0.2, -0.15) is 9.64 Å². The van der Waals surface area contributed by atoms with E-state index in [0.29, 0.717) is 12.5 Å². The third-order valence-corrected chi connectivity index (χ3v) is 2.47. The fourth-order valence-corrected chi connectivity index (χ4v) is 1.69. The topological polar surface area (TPSA) is 85.1 Å². The Balaban J connectivity index is 2.16. The highest BCUT2D eigenvalue weighted by Crippen LogP contribution is 1.97. The molecule has 1 rings (SSSR count). The summed E-state index contributed by atoms with van der Waals surface area (Å²) in [6.07, 6.45) is 1.84. The van der Waals surface area contributed by atoms with Crippen LogP contribution in [0.4, 0.5) is 0 Å². The second kappa shape index (κ2) is 8.50. The number of nitriles is 1. The molecule has 0 saturated carbocycles. The van der Waals surface area contributed by atoms with Gasteiger partial charge < -0.3 is 10.6 Å². The van der Waals surface area contributed by atoms with Crippen molar-refractivity contribution in [1.29, 1.82) is 5.26 Å². The predicted molar refractivity (Wildman–Crippen MR) is 68.5 cm³/mol. The van der Waals surface area contributed by atoms with Crippen molar-refractivity contribution in [2.45, 2.75) is 13.5 Å². The first-order chi connectivity index (χ1) is 8.36. The minimum absolute atomic E-state index is 0.519. The molecule has 1 aromatic heterocycles. The van der Waals surface area contributed by atoms with E-state index in [1.54, 1.807) is 0 Å². The number of hydrogen-bond acceptors (Lipinski definition) is 5. The largest absolute Gasteiger partial charge is 0.356 e. The van der Waals surface area contributed by atoms with Crippen LogP contribution in [0.1, 0.15) is 12.6 Å². The molecule has 92 valence electrons. The predicted octanol–water partition coefficient (Wildman–Crippen LogP) is 0.269. The van der Waals surface area contributed by atoms with Crippen LogP contribution >= 0.6 is 11.5 Å². The Morgan fingerprint density at radius 3 is 3.18 bits per heavy atom. The number of hydrogen-bond donors (Lipinski definition) is 3. The molecule has 1 heterocycles. The number of nitrogens with zero attached hydrogens (tertiary/aromatic N) is 3. The van der Waals surface area contributed by atoms with Gasteiger partial charge in [-0.1, -0.05) is 0 Å². The van der Waals surface area contributed by atoms with Gasteiger partial charge in [0.1, 0.15) is 0 Å². The number of aromatic nitrogens is 1. The Hall–Kier alpha value is -1.65. The maximum absolute atomic E-state index is 8.49. The molecule has 0 fully saturated rings. The summed E-state index contributed by atoms with van der Waals surface area (Å²) in [5.74, 6) is 0.519. The van der Waals surface area contributed by atoms with E-state index >= 15 is 0 Å². The Labute approximate surface area is 105 Å². The smallest absolute Gasteiger partial charge is 0.204 e. The van der Waals surface area contributed by atoms with E-state index in [1.807, 2.05) is 24.6 Å². The lowest BCUT2D eigenvalue weighted by Crippen LogP contribution is -2.35. The van der Waals surface area contributed by atoms with Crippen LogP contribution in [-0.2, 0) is 6.54 Å². The first-order valence-electron chi connectivity index (χ1n) is 5.40. The Morgan fingerprint density at radius 1 is 1.65 bits per heavy atom. The summed E-state index contributed by atoms with van der Waals surface area (Å²) in [6, 6.07) is 1.99. The molecule has 17 heavy (non-hydrogen) atoms. The van der Waals surface area contributed by atoms with Crippen LogP contribution in [0.15, 0.2) is 16.4 Å². The monoisotopic (exact) mass is 252 g/mol. The van der Waals surface area contributed by atoms with E-state index in [1.165, 1.54) is 11.5 Å². The average molecular weight is 252 g/mol. The van der Waals surface area contributed by atoms with E-state index in [0.717, 1.165) is 25.3 Å². The number of rotatable bonds is 6. The van der Waals surface area contributed by atoms with E-state index < -0.39 is 0 Å². The standard InChI is InChI=1S/C10H16N6S/c1-2-13-10(15-8-11)14-5-4-12-7-9-3-6-17-16-9/h3,6,12H,2,4-5,7H2,1H3,(H2,13,14,15). The molecule has 1 aromatic rings. The zero-order valence-corrected chi connectivity index (χ0v) is 10.5. The van der Waals surface area contributed by atoms with Crippen molar-refractivity contribution in [3.8, 4) is 6.19 Å². The highest BCUT2D eigenvalue weighted by molar-refractivity contribution is 7.03. The molecule has 0 aliphatic carbocycles. The zero-order valence-electron chi connectivity index (χ0n) is 9.73. The van der Waals surface area contributed by atoms with Gasteiger partial charge in [0.25, 0.3) is 0 Å². The van der Waals surface area contributed by atoms with E-state index in [2.05, 4.69) is 25.3 Å². The van der Waals surface area contributed by atoms with Crippen LogP contribution in [0.2, 0.25) is 0 Å². The van der Waals surface area contributed by atoms with Crippen molar-refractivity contribution in [1.82, 2.24) is 20.3 Å². The first kappa shape index (κ1) is 13.4. The van der Waals surface area contributed by atoms with Crippen LogP contribution in [0.5, 0.6) is 0 Å². The molecule has 0 aliphatic rings. The quantitative estimate of drug-likeness (QED) is 0.222. The van der Waals surface area contributed by atoms with Crippen LogP contribution in [-0.4, -0.2) is 30.0 Å². The van der Waals surface area contributed by atoms with Gasteiger partial charge >= 0.3 is 0 Å². The molecule has 6 nitrogen and oxygen atoms in total. The molecule has 0 atom stereocenters. The van der Waals surface area contributed by atoms with Gasteiger partial charge in [0.05, 0.1) is 12.2 Å². The summed E-state index contributed by atoms with van der Waals surface area (Å²) in [5, 5.41) is 19.1. The van der Waals surface area contributed by atoms with Crippen LogP contribution in [0.3, 0.4) is 0 Å². The molecule has 0 amide bonds. The molecule has 0 saturated heterocycles. The lowest BCUT2D eigenvalue weighted by Gasteiger charge is -2.05. The van der Waals surface area contributed by atoms with Crippen LogP contribution in [0, 0.1) is 11.5 Å². The molecule has 0 bridgehead atoms. The maximum Gasteiger partial charge on any atom is 0.204 e. The molecule has 0 aliphatic heterocycles. The van der Waals surface area contributed by atoms with Crippen LogP contribution < -0.4 is 16.0 Å². The molecule has 0 unspecified atom stereocenters. The number of guanidine groups is 1. The fraction of sp³-hybridized carbons (Fsp3) is 0.500. The van der Waals surface area contributed by atoms with Crippen molar-refractivity contribution in [3.63, 3.8) is 0 Å². The van der Waals surface area contributed by atoms with Crippen LogP contribution in [0.25, 0.3) is 0 Å². The summed E-state index contributed by atoms with van der Waals surface area (Å²) in [7, 11) is 0. The summed E-state index contributed by atoms with van der Waals surface area (Å²) >= 11 is 1.45. The summed E-state index contributed by atoms with van der Waals surface area (Å²) in [4.78, 5) is 4.21. The zero-order chi connectivity index (χ0) is 12.3. The molecule has 0 radical (unpaired) electrons. The number of aliphatic imine (C=N–C) groups is 1. The second-order valence-corrected chi connectivity index (χ2v) is 3.83. The molecule has 0 spiro atoms.